The summed E-state index contributed by atoms with van der Waals surface area (Å²) in [6.07, 6.45) is 2.59. The molecule has 2 N–H and O–H groups in total. The Kier molecular flexibility index (Phi) is 7.20. The summed E-state index contributed by atoms with van der Waals surface area (Å²) in [5.74, 6) is 0.859. The van der Waals surface area contributed by atoms with Gasteiger partial charge in [0.1, 0.15) is 0 Å². The lowest BCUT2D eigenvalue weighted by atomic mass is 10.1. The van der Waals surface area contributed by atoms with Gasteiger partial charge in [0.15, 0.2) is 0 Å². The van der Waals surface area contributed by atoms with E-state index in [1.54, 1.807) is 0 Å². The van der Waals surface area contributed by atoms with Gasteiger partial charge in [-0.1, -0.05) is 20.3 Å². The minimum atomic E-state index is 0.248. The summed E-state index contributed by atoms with van der Waals surface area (Å²) in [6.45, 7) is 14.5. The van der Waals surface area contributed by atoms with Gasteiger partial charge >= 0.3 is 0 Å². The first-order valence-electron chi connectivity index (χ1n) is 5.91. The van der Waals surface area contributed by atoms with Gasteiger partial charge in [-0.05, 0) is 39.7 Å². The largest absolute Gasteiger partial charge is 0.315 e. The molecule has 86 valence electrons. The predicted molar refractivity (Wildman–Crippen MR) is 64.7 cm³/mol. The number of hydrogen-bond donors (Lipinski definition) is 2. The topological polar surface area (TPSA) is 24.1 Å². The third-order valence-electron chi connectivity index (χ3n) is 2.47. The van der Waals surface area contributed by atoms with Gasteiger partial charge in [0.05, 0.1) is 0 Å². The van der Waals surface area contributed by atoms with Crippen molar-refractivity contribution in [2.45, 2.75) is 53.0 Å². The van der Waals surface area contributed by atoms with Gasteiger partial charge in [-0.2, -0.15) is 0 Å². The average Bonchev–Trinajstić information content (AvgIpc) is 2.08. The molecule has 0 heterocycles. The fraction of sp³-hybridized carbons (Fsp3) is 1.00. The summed E-state index contributed by atoms with van der Waals surface area (Å²) in [5.41, 5.74) is 0.248. The first kappa shape index (κ1) is 13.9. The zero-order chi connectivity index (χ0) is 11.0. The Morgan fingerprint density at radius 3 is 2.21 bits per heavy atom. The molecular formula is C12H28N2. The lowest BCUT2D eigenvalue weighted by Gasteiger charge is -2.20. The molecule has 0 radical (unpaired) electrons. The molecule has 0 saturated heterocycles. The molecule has 2 nitrogen and oxygen atoms in total. The Bertz CT molecular complexity index is 127. The van der Waals surface area contributed by atoms with E-state index in [4.69, 9.17) is 0 Å². The normalized spacial score (nSPS) is 14.4. The van der Waals surface area contributed by atoms with E-state index < -0.39 is 0 Å². The van der Waals surface area contributed by atoms with Crippen LogP contribution in [0.25, 0.3) is 0 Å². The van der Waals surface area contributed by atoms with Gasteiger partial charge in [-0.25, -0.2) is 0 Å². The zero-order valence-corrected chi connectivity index (χ0v) is 10.6. The Hall–Kier alpha value is -0.0800. The molecule has 0 bridgehead atoms. The van der Waals surface area contributed by atoms with Crippen LogP contribution in [0.3, 0.4) is 0 Å². The third kappa shape index (κ3) is 10.0. The van der Waals surface area contributed by atoms with Crippen LogP contribution in [0.1, 0.15) is 47.5 Å². The lowest BCUT2D eigenvalue weighted by molar-refractivity contribution is 0.415. The molecule has 0 aliphatic carbocycles. The van der Waals surface area contributed by atoms with Gasteiger partial charge in [0, 0.05) is 18.6 Å². The van der Waals surface area contributed by atoms with E-state index >= 15 is 0 Å². The molecule has 1 unspecified atom stereocenters. The summed E-state index contributed by atoms with van der Waals surface area (Å²) >= 11 is 0. The molecule has 0 aromatic heterocycles. The van der Waals surface area contributed by atoms with Crippen molar-refractivity contribution in [2.75, 3.05) is 19.6 Å². The van der Waals surface area contributed by atoms with Gasteiger partial charge < -0.3 is 10.6 Å². The molecule has 0 aliphatic rings. The van der Waals surface area contributed by atoms with E-state index in [-0.39, 0.29) is 5.54 Å². The molecule has 14 heavy (non-hydrogen) atoms. The second kappa shape index (κ2) is 7.24. The van der Waals surface area contributed by atoms with E-state index in [2.05, 4.69) is 45.3 Å². The molecule has 0 saturated carbocycles. The van der Waals surface area contributed by atoms with Crippen molar-refractivity contribution in [1.29, 1.82) is 0 Å². The monoisotopic (exact) mass is 200 g/mol. The Morgan fingerprint density at radius 1 is 1.07 bits per heavy atom. The predicted octanol–water partition coefficient (Wildman–Crippen LogP) is 2.40. The van der Waals surface area contributed by atoms with E-state index in [1.165, 1.54) is 12.8 Å². The fourth-order valence-corrected chi connectivity index (χ4v) is 1.20. The van der Waals surface area contributed by atoms with Crippen molar-refractivity contribution in [3.8, 4) is 0 Å². The number of nitrogens with one attached hydrogen (secondary N) is 2. The highest BCUT2D eigenvalue weighted by molar-refractivity contribution is 4.70. The Labute approximate surface area is 89.9 Å². The quantitative estimate of drug-likeness (QED) is 0.617. The van der Waals surface area contributed by atoms with Crippen LogP contribution in [0.15, 0.2) is 0 Å². The van der Waals surface area contributed by atoms with Crippen molar-refractivity contribution in [2.24, 2.45) is 5.92 Å². The van der Waals surface area contributed by atoms with Crippen molar-refractivity contribution in [3.63, 3.8) is 0 Å². The van der Waals surface area contributed by atoms with E-state index in [0.717, 1.165) is 25.6 Å². The number of rotatable bonds is 7. The summed E-state index contributed by atoms with van der Waals surface area (Å²) < 4.78 is 0. The van der Waals surface area contributed by atoms with Gasteiger partial charge in [0.25, 0.3) is 0 Å². The van der Waals surface area contributed by atoms with Crippen LogP contribution in [0.5, 0.6) is 0 Å². The molecule has 1 atom stereocenters. The molecule has 0 aliphatic heterocycles. The summed E-state index contributed by atoms with van der Waals surface area (Å²) in [5, 5.41) is 6.92. The summed E-state index contributed by atoms with van der Waals surface area (Å²) in [4.78, 5) is 0. The first-order chi connectivity index (χ1) is 6.45. The minimum Gasteiger partial charge on any atom is -0.315 e. The highest BCUT2D eigenvalue weighted by Crippen LogP contribution is 2.03. The summed E-state index contributed by atoms with van der Waals surface area (Å²) in [7, 11) is 0. The molecule has 0 fully saturated rings. The zero-order valence-electron chi connectivity index (χ0n) is 10.6. The SMILES string of the molecule is CCC(C)CCNCCNC(C)(C)C. The molecular weight excluding hydrogens is 172 g/mol. The van der Waals surface area contributed by atoms with Crippen LogP contribution in [0.2, 0.25) is 0 Å². The summed E-state index contributed by atoms with van der Waals surface area (Å²) in [6, 6.07) is 0. The third-order valence-corrected chi connectivity index (χ3v) is 2.47. The van der Waals surface area contributed by atoms with Crippen LogP contribution < -0.4 is 10.6 Å². The maximum Gasteiger partial charge on any atom is 0.00970 e. The van der Waals surface area contributed by atoms with Gasteiger partial charge in [-0.3, -0.25) is 0 Å². The molecule has 0 aromatic carbocycles. The van der Waals surface area contributed by atoms with Gasteiger partial charge in [-0.15, -0.1) is 0 Å². The Balaban J connectivity index is 3.14. The van der Waals surface area contributed by atoms with E-state index in [9.17, 15) is 0 Å². The second-order valence-electron chi connectivity index (χ2n) is 5.23. The molecule has 2 heteroatoms. The second-order valence-corrected chi connectivity index (χ2v) is 5.23. The van der Waals surface area contributed by atoms with Crippen LogP contribution in [0, 0.1) is 5.92 Å². The lowest BCUT2D eigenvalue weighted by Crippen LogP contribution is -2.40. The standard InChI is InChI=1S/C12H28N2/c1-6-11(2)7-8-13-9-10-14-12(3,4)5/h11,13-14H,6-10H2,1-5H3. The maximum absolute atomic E-state index is 3.46. The van der Waals surface area contributed by atoms with Crippen molar-refractivity contribution in [3.05, 3.63) is 0 Å². The first-order valence-corrected chi connectivity index (χ1v) is 5.91. The number of hydrogen-bond acceptors (Lipinski definition) is 2. The average molecular weight is 200 g/mol. The molecule has 0 aromatic rings. The van der Waals surface area contributed by atoms with Crippen LogP contribution in [-0.2, 0) is 0 Å². The van der Waals surface area contributed by atoms with Crippen LogP contribution in [-0.4, -0.2) is 25.2 Å². The smallest absolute Gasteiger partial charge is 0.00970 e. The maximum atomic E-state index is 3.46. The Morgan fingerprint density at radius 2 is 1.71 bits per heavy atom. The van der Waals surface area contributed by atoms with E-state index in [0.29, 0.717) is 0 Å². The molecule has 0 spiro atoms. The molecule has 0 rings (SSSR count). The van der Waals surface area contributed by atoms with Crippen LogP contribution in [0.4, 0.5) is 0 Å². The van der Waals surface area contributed by atoms with Crippen molar-refractivity contribution in [1.82, 2.24) is 10.6 Å². The molecule has 0 amide bonds. The van der Waals surface area contributed by atoms with Crippen molar-refractivity contribution >= 4 is 0 Å². The van der Waals surface area contributed by atoms with Crippen molar-refractivity contribution < 1.29 is 0 Å². The highest BCUT2D eigenvalue weighted by atomic mass is 15.0. The van der Waals surface area contributed by atoms with Gasteiger partial charge in [0.2, 0.25) is 0 Å². The van der Waals surface area contributed by atoms with Crippen LogP contribution >= 0.6 is 0 Å². The highest BCUT2D eigenvalue weighted by Gasteiger charge is 2.06. The minimum absolute atomic E-state index is 0.248. The fourth-order valence-electron chi connectivity index (χ4n) is 1.20. The van der Waals surface area contributed by atoms with E-state index in [1.807, 2.05) is 0 Å².